The summed E-state index contributed by atoms with van der Waals surface area (Å²) in [6.07, 6.45) is 2.08. The Kier molecular flexibility index (Phi) is 3.85. The van der Waals surface area contributed by atoms with Crippen LogP contribution in [0.2, 0.25) is 0 Å². The standard InChI is InChI=1S/C12H15N3O3S/c1-9-4-6-15(11(9)8-16)19(17,18)12-3-2-5-14-10(12)7-13/h2-3,5,9,11,16H,4,6,8H2,1H3. The second-order valence-electron chi connectivity index (χ2n) is 4.59. The first-order valence-corrected chi connectivity index (χ1v) is 7.44. The van der Waals surface area contributed by atoms with Gasteiger partial charge in [-0.25, -0.2) is 13.4 Å². The van der Waals surface area contributed by atoms with Gasteiger partial charge in [0.2, 0.25) is 10.0 Å². The first-order valence-electron chi connectivity index (χ1n) is 6.00. The van der Waals surface area contributed by atoms with Crippen LogP contribution in [0.25, 0.3) is 0 Å². The lowest BCUT2D eigenvalue weighted by Crippen LogP contribution is -2.40. The highest BCUT2D eigenvalue weighted by atomic mass is 32.2. The summed E-state index contributed by atoms with van der Waals surface area (Å²) in [5.41, 5.74) is -0.112. The molecule has 1 saturated heterocycles. The molecule has 0 spiro atoms. The van der Waals surface area contributed by atoms with Gasteiger partial charge in [0.15, 0.2) is 5.69 Å². The van der Waals surface area contributed by atoms with Gasteiger partial charge in [0.05, 0.1) is 12.6 Å². The molecule has 102 valence electrons. The van der Waals surface area contributed by atoms with Crippen molar-refractivity contribution in [1.82, 2.24) is 9.29 Å². The van der Waals surface area contributed by atoms with Crippen LogP contribution in [0.15, 0.2) is 23.2 Å². The number of aromatic nitrogens is 1. The molecule has 2 rings (SSSR count). The second kappa shape index (κ2) is 5.25. The van der Waals surface area contributed by atoms with E-state index in [1.807, 2.05) is 6.92 Å². The molecule has 1 aromatic rings. The summed E-state index contributed by atoms with van der Waals surface area (Å²) in [7, 11) is -3.79. The molecule has 2 unspecified atom stereocenters. The third-order valence-corrected chi connectivity index (χ3v) is 5.44. The second-order valence-corrected chi connectivity index (χ2v) is 6.45. The zero-order valence-electron chi connectivity index (χ0n) is 10.5. The number of sulfonamides is 1. The third-order valence-electron chi connectivity index (χ3n) is 3.48. The predicted molar refractivity (Wildman–Crippen MR) is 67.5 cm³/mol. The molecule has 7 heteroatoms. The Morgan fingerprint density at radius 2 is 2.37 bits per heavy atom. The minimum atomic E-state index is -3.79. The van der Waals surface area contributed by atoms with Gasteiger partial charge < -0.3 is 5.11 Å². The van der Waals surface area contributed by atoms with E-state index in [9.17, 15) is 13.5 Å². The summed E-state index contributed by atoms with van der Waals surface area (Å²) >= 11 is 0. The molecule has 0 bridgehead atoms. The van der Waals surface area contributed by atoms with E-state index in [1.54, 1.807) is 6.07 Å². The number of nitriles is 1. The van der Waals surface area contributed by atoms with Crippen molar-refractivity contribution >= 4 is 10.0 Å². The minimum Gasteiger partial charge on any atom is -0.395 e. The van der Waals surface area contributed by atoms with Crippen molar-refractivity contribution in [2.75, 3.05) is 13.2 Å². The largest absolute Gasteiger partial charge is 0.395 e. The summed E-state index contributed by atoms with van der Waals surface area (Å²) in [6.45, 7) is 2.04. The molecule has 0 aromatic carbocycles. The maximum Gasteiger partial charge on any atom is 0.246 e. The number of nitrogens with zero attached hydrogens (tertiary/aromatic N) is 3. The lowest BCUT2D eigenvalue weighted by Gasteiger charge is -2.24. The number of aliphatic hydroxyl groups excluding tert-OH is 1. The van der Waals surface area contributed by atoms with Crippen LogP contribution in [-0.2, 0) is 10.0 Å². The molecule has 2 atom stereocenters. The molecule has 0 radical (unpaired) electrons. The monoisotopic (exact) mass is 281 g/mol. The Bertz CT molecular complexity index is 609. The van der Waals surface area contributed by atoms with E-state index in [-0.39, 0.29) is 23.1 Å². The molecule has 1 fully saturated rings. The molecule has 0 amide bonds. The summed E-state index contributed by atoms with van der Waals surface area (Å²) < 4.78 is 26.4. The van der Waals surface area contributed by atoms with E-state index in [4.69, 9.17) is 5.26 Å². The SMILES string of the molecule is CC1CCN(S(=O)(=O)c2cccnc2C#N)C1CO. The van der Waals surface area contributed by atoms with Gasteiger partial charge in [0.1, 0.15) is 11.0 Å². The van der Waals surface area contributed by atoms with Gasteiger partial charge in [0.25, 0.3) is 0 Å². The van der Waals surface area contributed by atoms with Crippen LogP contribution in [0, 0.1) is 17.2 Å². The summed E-state index contributed by atoms with van der Waals surface area (Å²) in [6, 6.07) is 4.22. The topological polar surface area (TPSA) is 94.3 Å². The van der Waals surface area contributed by atoms with Gasteiger partial charge in [-0.15, -0.1) is 0 Å². The van der Waals surface area contributed by atoms with Crippen LogP contribution in [0.4, 0.5) is 0 Å². The Labute approximate surface area is 112 Å². The quantitative estimate of drug-likeness (QED) is 0.862. The number of aliphatic hydroxyl groups is 1. The molecule has 1 aromatic heterocycles. The van der Waals surface area contributed by atoms with Crippen molar-refractivity contribution in [3.8, 4) is 6.07 Å². The van der Waals surface area contributed by atoms with Crippen LogP contribution >= 0.6 is 0 Å². The van der Waals surface area contributed by atoms with E-state index >= 15 is 0 Å². The molecule has 1 N–H and O–H groups in total. The Hall–Kier alpha value is -1.49. The highest BCUT2D eigenvalue weighted by Gasteiger charge is 2.40. The number of hydrogen-bond donors (Lipinski definition) is 1. The van der Waals surface area contributed by atoms with Crippen molar-refractivity contribution < 1.29 is 13.5 Å². The van der Waals surface area contributed by atoms with Crippen molar-refractivity contribution in [3.63, 3.8) is 0 Å². The fourth-order valence-corrected chi connectivity index (χ4v) is 4.17. The normalized spacial score (nSPS) is 24.3. The summed E-state index contributed by atoms with van der Waals surface area (Å²) in [4.78, 5) is 3.68. The minimum absolute atomic E-state index is 0.0925. The van der Waals surface area contributed by atoms with E-state index in [1.165, 1.54) is 22.6 Å². The van der Waals surface area contributed by atoms with E-state index in [0.29, 0.717) is 13.0 Å². The Balaban J connectivity index is 2.46. The molecule has 0 saturated carbocycles. The van der Waals surface area contributed by atoms with Gasteiger partial charge in [-0.05, 0) is 24.5 Å². The fraction of sp³-hybridized carbons (Fsp3) is 0.500. The molecule has 1 aliphatic heterocycles. The maximum atomic E-state index is 12.6. The molecule has 19 heavy (non-hydrogen) atoms. The van der Waals surface area contributed by atoms with Crippen LogP contribution < -0.4 is 0 Å². The molecular weight excluding hydrogens is 266 g/mol. The van der Waals surface area contributed by atoms with Crippen LogP contribution in [-0.4, -0.2) is 42.0 Å². The fourth-order valence-electron chi connectivity index (χ4n) is 2.35. The van der Waals surface area contributed by atoms with E-state index in [0.717, 1.165) is 0 Å². The summed E-state index contributed by atoms with van der Waals surface area (Å²) in [5, 5.41) is 18.3. The molecule has 6 nitrogen and oxygen atoms in total. The van der Waals surface area contributed by atoms with Gasteiger partial charge in [0, 0.05) is 12.7 Å². The summed E-state index contributed by atoms with van der Waals surface area (Å²) in [5.74, 6) is 0.0991. The first kappa shape index (κ1) is 13.9. The highest BCUT2D eigenvalue weighted by molar-refractivity contribution is 7.89. The van der Waals surface area contributed by atoms with Crippen molar-refractivity contribution in [2.45, 2.75) is 24.3 Å². The van der Waals surface area contributed by atoms with Gasteiger partial charge in [-0.2, -0.15) is 9.57 Å². The van der Waals surface area contributed by atoms with Crippen molar-refractivity contribution in [3.05, 3.63) is 24.0 Å². The number of pyridine rings is 1. The Morgan fingerprint density at radius 1 is 1.63 bits per heavy atom. The molecule has 1 aliphatic rings. The maximum absolute atomic E-state index is 12.6. The lowest BCUT2D eigenvalue weighted by atomic mass is 10.0. The molecule has 2 heterocycles. The van der Waals surface area contributed by atoms with E-state index < -0.39 is 16.1 Å². The Morgan fingerprint density at radius 3 is 3.00 bits per heavy atom. The number of hydrogen-bond acceptors (Lipinski definition) is 5. The average Bonchev–Trinajstić information content (AvgIpc) is 2.80. The van der Waals surface area contributed by atoms with Gasteiger partial charge in [-0.1, -0.05) is 6.92 Å². The van der Waals surface area contributed by atoms with Crippen LogP contribution in [0.3, 0.4) is 0 Å². The van der Waals surface area contributed by atoms with Gasteiger partial charge in [-0.3, -0.25) is 0 Å². The predicted octanol–water partition coefficient (Wildman–Crippen LogP) is 0.345. The number of rotatable bonds is 3. The highest BCUT2D eigenvalue weighted by Crippen LogP contribution is 2.30. The molecular formula is C12H15N3O3S. The third kappa shape index (κ3) is 2.34. The first-order chi connectivity index (χ1) is 9.02. The van der Waals surface area contributed by atoms with Crippen molar-refractivity contribution in [2.24, 2.45) is 5.92 Å². The molecule has 0 aliphatic carbocycles. The van der Waals surface area contributed by atoms with Crippen LogP contribution in [0.1, 0.15) is 19.0 Å². The van der Waals surface area contributed by atoms with Crippen LogP contribution in [0.5, 0.6) is 0 Å². The zero-order chi connectivity index (χ0) is 14.0. The van der Waals surface area contributed by atoms with E-state index in [2.05, 4.69) is 4.98 Å². The average molecular weight is 281 g/mol. The van der Waals surface area contributed by atoms with Crippen molar-refractivity contribution in [1.29, 1.82) is 5.26 Å². The van der Waals surface area contributed by atoms with Gasteiger partial charge >= 0.3 is 0 Å². The zero-order valence-corrected chi connectivity index (χ0v) is 11.3. The lowest BCUT2D eigenvalue weighted by molar-refractivity contribution is 0.191. The smallest absolute Gasteiger partial charge is 0.246 e.